The van der Waals surface area contributed by atoms with E-state index in [1.165, 1.54) is 5.56 Å². The number of aromatic nitrogens is 2. The largest absolute Gasteiger partial charge is 0.361 e. The van der Waals surface area contributed by atoms with Crippen molar-refractivity contribution in [2.24, 2.45) is 0 Å². The standard InChI is InChI=1S/C23H24N4O2S/c28-22-23(29-9-8-27(22)14-18-3-1-6-24-11-18)17-26(13-19-5-10-30-16-19)15-21(23)20-4-2-7-25-12-20/h1-7,10-12,16,21H,8-9,13-15,17H2. The Labute approximate surface area is 180 Å². The summed E-state index contributed by atoms with van der Waals surface area (Å²) >= 11 is 1.70. The highest BCUT2D eigenvalue weighted by Crippen LogP contribution is 2.42. The number of carbonyl (C=O) groups is 1. The molecule has 2 aliphatic heterocycles. The number of thiophene rings is 1. The molecule has 0 aromatic carbocycles. The van der Waals surface area contributed by atoms with Gasteiger partial charge < -0.3 is 9.64 Å². The Balaban J connectivity index is 1.45. The molecule has 2 unspecified atom stereocenters. The summed E-state index contributed by atoms with van der Waals surface area (Å²) in [6, 6.07) is 10.1. The maximum Gasteiger partial charge on any atom is 0.257 e. The number of rotatable bonds is 5. The van der Waals surface area contributed by atoms with E-state index in [4.69, 9.17) is 4.74 Å². The molecular weight excluding hydrogens is 396 g/mol. The van der Waals surface area contributed by atoms with E-state index in [-0.39, 0.29) is 11.8 Å². The van der Waals surface area contributed by atoms with E-state index in [9.17, 15) is 4.79 Å². The van der Waals surface area contributed by atoms with Crippen LogP contribution < -0.4 is 0 Å². The number of hydrogen-bond acceptors (Lipinski definition) is 6. The first-order valence-corrected chi connectivity index (χ1v) is 11.1. The van der Waals surface area contributed by atoms with Gasteiger partial charge in [0.2, 0.25) is 0 Å². The number of likely N-dealkylation sites (tertiary alicyclic amines) is 1. The summed E-state index contributed by atoms with van der Waals surface area (Å²) in [5.74, 6) is 0.0216. The Hall–Kier alpha value is -2.61. The van der Waals surface area contributed by atoms with Crippen LogP contribution in [-0.2, 0) is 22.6 Å². The number of amides is 1. The fourth-order valence-corrected chi connectivity index (χ4v) is 5.29. The van der Waals surface area contributed by atoms with Gasteiger partial charge in [-0.1, -0.05) is 12.1 Å². The summed E-state index contributed by atoms with van der Waals surface area (Å²) in [5, 5.41) is 4.26. The second kappa shape index (κ2) is 8.26. The van der Waals surface area contributed by atoms with Gasteiger partial charge >= 0.3 is 0 Å². The lowest BCUT2D eigenvalue weighted by Crippen LogP contribution is -2.59. The molecule has 154 valence electrons. The number of hydrogen-bond donors (Lipinski definition) is 0. The Morgan fingerprint density at radius 3 is 2.70 bits per heavy atom. The molecule has 30 heavy (non-hydrogen) atoms. The molecule has 0 radical (unpaired) electrons. The molecule has 0 N–H and O–H groups in total. The number of nitrogens with zero attached hydrogens (tertiary/aromatic N) is 4. The average molecular weight is 421 g/mol. The lowest BCUT2D eigenvalue weighted by molar-refractivity contribution is -0.173. The second-order valence-electron chi connectivity index (χ2n) is 7.97. The van der Waals surface area contributed by atoms with Crippen molar-refractivity contribution in [2.45, 2.75) is 24.6 Å². The van der Waals surface area contributed by atoms with Crippen molar-refractivity contribution < 1.29 is 9.53 Å². The van der Waals surface area contributed by atoms with E-state index >= 15 is 0 Å². The Morgan fingerprint density at radius 2 is 1.97 bits per heavy atom. The third-order valence-electron chi connectivity index (χ3n) is 6.00. The van der Waals surface area contributed by atoms with E-state index in [1.807, 2.05) is 35.5 Å². The molecule has 5 heterocycles. The van der Waals surface area contributed by atoms with Gasteiger partial charge in [0, 0.05) is 63.4 Å². The van der Waals surface area contributed by atoms with Crippen LogP contribution in [0.3, 0.4) is 0 Å². The minimum absolute atomic E-state index is 0.0472. The van der Waals surface area contributed by atoms with Crippen LogP contribution in [0.1, 0.15) is 22.6 Å². The fourth-order valence-electron chi connectivity index (χ4n) is 4.63. The maximum atomic E-state index is 13.8. The molecule has 3 aromatic rings. The minimum Gasteiger partial charge on any atom is -0.361 e. The van der Waals surface area contributed by atoms with Crippen LogP contribution in [0, 0.1) is 0 Å². The lowest BCUT2D eigenvalue weighted by atomic mass is 9.83. The zero-order chi connectivity index (χ0) is 20.4. The highest BCUT2D eigenvalue weighted by molar-refractivity contribution is 7.07. The molecular formula is C23H24N4O2S. The molecule has 2 fully saturated rings. The molecule has 0 saturated carbocycles. The number of carbonyl (C=O) groups excluding carboxylic acids is 1. The summed E-state index contributed by atoms with van der Waals surface area (Å²) < 4.78 is 6.35. The van der Waals surface area contributed by atoms with Gasteiger partial charge in [0.15, 0.2) is 5.60 Å². The highest BCUT2D eigenvalue weighted by atomic mass is 32.1. The fraction of sp³-hybridized carbons (Fsp3) is 0.348. The first-order valence-electron chi connectivity index (χ1n) is 10.2. The smallest absolute Gasteiger partial charge is 0.257 e. The van der Waals surface area contributed by atoms with Crippen LogP contribution in [0.2, 0.25) is 0 Å². The van der Waals surface area contributed by atoms with Crippen molar-refractivity contribution in [2.75, 3.05) is 26.2 Å². The predicted octanol–water partition coefficient (Wildman–Crippen LogP) is 2.94. The molecule has 5 rings (SSSR count). The molecule has 2 saturated heterocycles. The van der Waals surface area contributed by atoms with E-state index in [1.54, 1.807) is 23.7 Å². The monoisotopic (exact) mass is 420 g/mol. The normalized spacial score (nSPS) is 24.6. The van der Waals surface area contributed by atoms with Crippen LogP contribution in [0.5, 0.6) is 0 Å². The van der Waals surface area contributed by atoms with E-state index in [0.29, 0.717) is 26.2 Å². The van der Waals surface area contributed by atoms with Gasteiger partial charge in [-0.2, -0.15) is 11.3 Å². The van der Waals surface area contributed by atoms with Gasteiger partial charge in [-0.15, -0.1) is 0 Å². The summed E-state index contributed by atoms with van der Waals surface area (Å²) in [4.78, 5) is 26.6. The van der Waals surface area contributed by atoms with E-state index in [0.717, 1.165) is 24.2 Å². The highest BCUT2D eigenvalue weighted by Gasteiger charge is 2.56. The van der Waals surface area contributed by atoms with Crippen molar-refractivity contribution in [1.82, 2.24) is 19.8 Å². The van der Waals surface area contributed by atoms with Gasteiger partial charge in [-0.3, -0.25) is 19.7 Å². The molecule has 2 aliphatic rings. The Kier molecular flexibility index (Phi) is 5.33. The Morgan fingerprint density at radius 1 is 1.10 bits per heavy atom. The zero-order valence-corrected chi connectivity index (χ0v) is 17.5. The maximum absolute atomic E-state index is 13.8. The van der Waals surface area contributed by atoms with Crippen molar-refractivity contribution in [1.29, 1.82) is 0 Å². The van der Waals surface area contributed by atoms with Crippen molar-refractivity contribution in [3.8, 4) is 0 Å². The van der Waals surface area contributed by atoms with Gasteiger partial charge in [0.05, 0.1) is 6.61 Å². The van der Waals surface area contributed by atoms with Crippen LogP contribution in [-0.4, -0.2) is 57.5 Å². The van der Waals surface area contributed by atoms with Gasteiger partial charge in [-0.05, 0) is 45.6 Å². The van der Waals surface area contributed by atoms with E-state index < -0.39 is 5.60 Å². The third-order valence-corrected chi connectivity index (χ3v) is 6.73. The first kappa shape index (κ1) is 19.4. The molecule has 0 bridgehead atoms. The molecule has 7 heteroatoms. The van der Waals surface area contributed by atoms with Gasteiger partial charge in [0.25, 0.3) is 5.91 Å². The predicted molar refractivity (Wildman–Crippen MR) is 115 cm³/mol. The molecule has 3 aromatic heterocycles. The van der Waals surface area contributed by atoms with Crippen LogP contribution in [0.4, 0.5) is 0 Å². The first-order chi connectivity index (χ1) is 14.7. The lowest BCUT2D eigenvalue weighted by Gasteiger charge is -2.42. The second-order valence-corrected chi connectivity index (χ2v) is 8.75. The number of ether oxygens (including phenoxy) is 1. The molecule has 6 nitrogen and oxygen atoms in total. The Bertz CT molecular complexity index is 983. The van der Waals surface area contributed by atoms with Crippen LogP contribution >= 0.6 is 11.3 Å². The van der Waals surface area contributed by atoms with Gasteiger partial charge in [-0.25, -0.2) is 0 Å². The van der Waals surface area contributed by atoms with E-state index in [2.05, 4.69) is 37.8 Å². The van der Waals surface area contributed by atoms with Crippen molar-refractivity contribution in [3.05, 3.63) is 82.6 Å². The summed E-state index contributed by atoms with van der Waals surface area (Å²) in [5.41, 5.74) is 2.49. The summed E-state index contributed by atoms with van der Waals surface area (Å²) in [7, 11) is 0. The molecule has 1 spiro atoms. The quantitative estimate of drug-likeness (QED) is 0.635. The minimum atomic E-state index is -0.875. The molecule has 2 atom stereocenters. The number of pyridine rings is 2. The molecule has 0 aliphatic carbocycles. The van der Waals surface area contributed by atoms with Crippen LogP contribution in [0.25, 0.3) is 0 Å². The average Bonchev–Trinajstić information content (AvgIpc) is 3.42. The molecule has 1 amide bonds. The SMILES string of the molecule is O=C1N(Cc2cccnc2)CCOC12CN(Cc1ccsc1)CC2c1cccnc1. The number of morpholine rings is 1. The zero-order valence-electron chi connectivity index (χ0n) is 16.7. The summed E-state index contributed by atoms with van der Waals surface area (Å²) in [6.07, 6.45) is 7.22. The van der Waals surface area contributed by atoms with Gasteiger partial charge in [0.1, 0.15) is 0 Å². The van der Waals surface area contributed by atoms with Crippen molar-refractivity contribution >= 4 is 17.2 Å². The topological polar surface area (TPSA) is 58.6 Å². The third kappa shape index (κ3) is 3.64. The summed E-state index contributed by atoms with van der Waals surface area (Å²) in [6.45, 7) is 3.87. The van der Waals surface area contributed by atoms with Crippen molar-refractivity contribution in [3.63, 3.8) is 0 Å². The van der Waals surface area contributed by atoms with Crippen LogP contribution in [0.15, 0.2) is 65.9 Å².